The topological polar surface area (TPSA) is 64.0 Å². The van der Waals surface area contributed by atoms with Crippen LogP contribution in [0.1, 0.15) is 27.2 Å². The number of nitrogens with zero attached hydrogens (tertiary/aromatic N) is 2. The fraction of sp³-hybridized carbons (Fsp3) is 0.211. The Labute approximate surface area is 144 Å². The van der Waals surface area contributed by atoms with E-state index in [-0.39, 0.29) is 11.4 Å². The summed E-state index contributed by atoms with van der Waals surface area (Å²) in [6.07, 6.45) is 0. The van der Waals surface area contributed by atoms with E-state index in [0.717, 1.165) is 11.1 Å². The lowest BCUT2D eigenvalue weighted by Crippen LogP contribution is -2.30. The standard InChI is InChI=1S/C19H18FN3O2/c1-10-5-6-13(9-14(10)20)21-18(24)17-19(25)23(4)16-8-12(3)11(2)7-15(16)22-17/h5-9H,1-4H3,(H,21,24). The third-order valence-corrected chi connectivity index (χ3v) is 4.34. The van der Waals surface area contributed by atoms with Crippen LogP contribution in [0.15, 0.2) is 35.1 Å². The minimum absolute atomic E-state index is 0.223. The molecule has 1 aromatic heterocycles. The van der Waals surface area contributed by atoms with Crippen LogP contribution < -0.4 is 10.9 Å². The molecule has 0 bridgehead atoms. The zero-order valence-corrected chi connectivity index (χ0v) is 14.5. The molecule has 3 rings (SSSR count). The molecule has 25 heavy (non-hydrogen) atoms. The molecule has 0 atom stereocenters. The molecule has 1 N–H and O–H groups in total. The van der Waals surface area contributed by atoms with E-state index in [1.165, 1.54) is 10.6 Å². The summed E-state index contributed by atoms with van der Waals surface area (Å²) in [6, 6.07) is 8.06. The molecule has 0 aliphatic rings. The number of halogens is 1. The fourth-order valence-corrected chi connectivity index (χ4v) is 2.59. The number of carbonyl (C=O) groups excluding carboxylic acids is 1. The van der Waals surface area contributed by atoms with Gasteiger partial charge in [0.05, 0.1) is 11.0 Å². The van der Waals surface area contributed by atoms with Crippen molar-refractivity contribution >= 4 is 22.6 Å². The highest BCUT2D eigenvalue weighted by Gasteiger charge is 2.17. The van der Waals surface area contributed by atoms with Crippen LogP contribution >= 0.6 is 0 Å². The number of hydrogen-bond donors (Lipinski definition) is 1. The molecule has 6 heteroatoms. The Morgan fingerprint density at radius 1 is 1.08 bits per heavy atom. The first-order chi connectivity index (χ1) is 11.8. The summed E-state index contributed by atoms with van der Waals surface area (Å²) in [7, 11) is 1.60. The lowest BCUT2D eigenvalue weighted by molar-refractivity contribution is 0.102. The monoisotopic (exact) mass is 339 g/mol. The lowest BCUT2D eigenvalue weighted by atomic mass is 10.1. The number of anilines is 1. The van der Waals surface area contributed by atoms with Gasteiger partial charge in [0, 0.05) is 12.7 Å². The van der Waals surface area contributed by atoms with Gasteiger partial charge in [-0.1, -0.05) is 6.07 Å². The lowest BCUT2D eigenvalue weighted by Gasteiger charge is -2.11. The molecule has 0 fully saturated rings. The fourth-order valence-electron chi connectivity index (χ4n) is 2.59. The maximum Gasteiger partial charge on any atom is 0.282 e. The van der Waals surface area contributed by atoms with Crippen LogP contribution in [0.5, 0.6) is 0 Å². The third kappa shape index (κ3) is 3.03. The smallest absolute Gasteiger partial charge is 0.282 e. The van der Waals surface area contributed by atoms with Crippen molar-refractivity contribution in [1.29, 1.82) is 0 Å². The van der Waals surface area contributed by atoms with Crippen molar-refractivity contribution in [3.05, 3.63) is 68.9 Å². The Morgan fingerprint density at radius 2 is 1.76 bits per heavy atom. The molecule has 0 unspecified atom stereocenters. The predicted octanol–water partition coefficient (Wildman–Crippen LogP) is 3.25. The molecule has 3 aromatic rings. The second kappa shape index (κ2) is 6.12. The Balaban J connectivity index is 2.06. The minimum atomic E-state index is -0.663. The van der Waals surface area contributed by atoms with E-state index in [1.54, 1.807) is 26.1 Å². The molecule has 128 valence electrons. The minimum Gasteiger partial charge on any atom is -0.320 e. The number of nitrogens with one attached hydrogen (secondary N) is 1. The van der Waals surface area contributed by atoms with Gasteiger partial charge in [-0.2, -0.15) is 0 Å². The van der Waals surface area contributed by atoms with Gasteiger partial charge in [-0.05, 0) is 61.7 Å². The van der Waals surface area contributed by atoms with Gasteiger partial charge >= 0.3 is 0 Å². The van der Waals surface area contributed by atoms with E-state index < -0.39 is 17.3 Å². The molecule has 0 radical (unpaired) electrons. The molecular weight excluding hydrogens is 321 g/mol. The SMILES string of the molecule is Cc1cc2nc(C(=O)Nc3ccc(C)c(F)c3)c(=O)n(C)c2cc1C. The summed E-state index contributed by atoms with van der Waals surface area (Å²) < 4.78 is 15.0. The Hall–Kier alpha value is -3.02. The molecule has 0 saturated carbocycles. The highest BCUT2D eigenvalue weighted by molar-refractivity contribution is 6.03. The highest BCUT2D eigenvalue weighted by atomic mass is 19.1. The molecule has 0 aliphatic carbocycles. The second-order valence-electron chi connectivity index (χ2n) is 6.17. The van der Waals surface area contributed by atoms with E-state index in [1.807, 2.05) is 26.0 Å². The van der Waals surface area contributed by atoms with Gasteiger partial charge in [0.2, 0.25) is 0 Å². The number of fused-ring (bicyclic) bond motifs is 1. The second-order valence-corrected chi connectivity index (χ2v) is 6.17. The van der Waals surface area contributed by atoms with Crippen LogP contribution in [-0.2, 0) is 7.05 Å². The van der Waals surface area contributed by atoms with Crippen molar-refractivity contribution in [2.75, 3.05) is 5.32 Å². The van der Waals surface area contributed by atoms with E-state index in [0.29, 0.717) is 16.6 Å². The van der Waals surface area contributed by atoms with Crippen molar-refractivity contribution in [2.45, 2.75) is 20.8 Å². The van der Waals surface area contributed by atoms with Crippen LogP contribution in [0.4, 0.5) is 10.1 Å². The summed E-state index contributed by atoms with van der Waals surface area (Å²) in [4.78, 5) is 29.2. The van der Waals surface area contributed by atoms with Gasteiger partial charge in [0.15, 0.2) is 5.69 Å². The summed E-state index contributed by atoms with van der Waals surface area (Å²) in [6.45, 7) is 5.52. The van der Waals surface area contributed by atoms with Crippen molar-refractivity contribution < 1.29 is 9.18 Å². The van der Waals surface area contributed by atoms with E-state index in [2.05, 4.69) is 10.3 Å². The number of aryl methyl sites for hydroxylation is 4. The maximum absolute atomic E-state index is 13.6. The van der Waals surface area contributed by atoms with Crippen LogP contribution in [0.2, 0.25) is 0 Å². The molecule has 2 aromatic carbocycles. The van der Waals surface area contributed by atoms with E-state index in [9.17, 15) is 14.0 Å². The summed E-state index contributed by atoms with van der Waals surface area (Å²) in [5.41, 5.74) is 3.31. The summed E-state index contributed by atoms with van der Waals surface area (Å²) in [5, 5.41) is 2.53. The maximum atomic E-state index is 13.6. The van der Waals surface area contributed by atoms with Gasteiger partial charge in [0.1, 0.15) is 5.82 Å². The molecule has 1 amide bonds. The molecule has 0 aliphatic heterocycles. The van der Waals surface area contributed by atoms with E-state index in [4.69, 9.17) is 0 Å². The quantitative estimate of drug-likeness (QED) is 0.779. The number of carbonyl (C=O) groups is 1. The van der Waals surface area contributed by atoms with Gasteiger partial charge in [-0.25, -0.2) is 9.37 Å². The first-order valence-electron chi connectivity index (χ1n) is 7.83. The predicted molar refractivity (Wildman–Crippen MR) is 95.5 cm³/mol. The van der Waals surface area contributed by atoms with Crippen molar-refractivity contribution in [2.24, 2.45) is 7.05 Å². The van der Waals surface area contributed by atoms with Crippen LogP contribution in [-0.4, -0.2) is 15.5 Å². The largest absolute Gasteiger partial charge is 0.320 e. The summed E-state index contributed by atoms with van der Waals surface area (Å²) >= 11 is 0. The van der Waals surface area contributed by atoms with Crippen LogP contribution in [0, 0.1) is 26.6 Å². The molecule has 0 spiro atoms. The number of hydrogen-bond acceptors (Lipinski definition) is 3. The Kier molecular flexibility index (Phi) is 4.12. The number of rotatable bonds is 2. The van der Waals surface area contributed by atoms with Crippen LogP contribution in [0.25, 0.3) is 11.0 Å². The average molecular weight is 339 g/mol. The molecule has 5 nitrogen and oxygen atoms in total. The summed E-state index contributed by atoms with van der Waals surface area (Å²) in [5.74, 6) is -1.09. The normalized spacial score (nSPS) is 10.9. The Morgan fingerprint density at radius 3 is 2.44 bits per heavy atom. The van der Waals surface area contributed by atoms with Crippen molar-refractivity contribution in [3.63, 3.8) is 0 Å². The number of aromatic nitrogens is 2. The zero-order valence-electron chi connectivity index (χ0n) is 14.5. The third-order valence-electron chi connectivity index (χ3n) is 4.34. The zero-order chi connectivity index (χ0) is 18.3. The molecule has 1 heterocycles. The first-order valence-corrected chi connectivity index (χ1v) is 7.83. The van der Waals surface area contributed by atoms with Crippen molar-refractivity contribution in [3.8, 4) is 0 Å². The average Bonchev–Trinajstić information content (AvgIpc) is 2.56. The van der Waals surface area contributed by atoms with Gasteiger partial charge in [0.25, 0.3) is 11.5 Å². The van der Waals surface area contributed by atoms with Gasteiger partial charge < -0.3 is 9.88 Å². The number of benzene rings is 2. The van der Waals surface area contributed by atoms with Gasteiger partial charge in [-0.3, -0.25) is 9.59 Å². The number of amides is 1. The van der Waals surface area contributed by atoms with Gasteiger partial charge in [-0.15, -0.1) is 0 Å². The molecule has 0 saturated heterocycles. The van der Waals surface area contributed by atoms with Crippen LogP contribution in [0.3, 0.4) is 0 Å². The first kappa shape index (κ1) is 16.8. The Bertz CT molecular complexity index is 1070. The molecular formula is C19H18FN3O2. The highest BCUT2D eigenvalue weighted by Crippen LogP contribution is 2.17. The van der Waals surface area contributed by atoms with E-state index >= 15 is 0 Å². The van der Waals surface area contributed by atoms with Crippen molar-refractivity contribution in [1.82, 2.24) is 9.55 Å².